The van der Waals surface area contributed by atoms with Crippen LogP contribution in [0.2, 0.25) is 0 Å². The molecular formula is C19H23NO3. The van der Waals surface area contributed by atoms with E-state index in [0.717, 1.165) is 44.9 Å². The van der Waals surface area contributed by atoms with E-state index in [1.165, 1.54) is 11.1 Å². The predicted octanol–water partition coefficient (Wildman–Crippen LogP) is 2.79. The van der Waals surface area contributed by atoms with Crippen LogP contribution in [0, 0.1) is 5.92 Å². The fourth-order valence-corrected chi connectivity index (χ4v) is 4.98. The molecule has 2 fully saturated rings. The monoisotopic (exact) mass is 313 g/mol. The Labute approximate surface area is 136 Å². The van der Waals surface area contributed by atoms with Gasteiger partial charge in [0.1, 0.15) is 0 Å². The molecule has 2 unspecified atom stereocenters. The zero-order chi connectivity index (χ0) is 16.1. The molecule has 1 spiro atoms. The van der Waals surface area contributed by atoms with Gasteiger partial charge in [-0.15, -0.1) is 0 Å². The number of aliphatic carboxylic acids is 1. The molecule has 0 bridgehead atoms. The van der Waals surface area contributed by atoms with E-state index in [1.54, 1.807) is 0 Å². The second-order valence-corrected chi connectivity index (χ2v) is 7.62. The number of carboxylic acid groups (broad SMARTS) is 1. The van der Waals surface area contributed by atoms with Gasteiger partial charge in [0.15, 0.2) is 0 Å². The Bertz CT molecular complexity index is 662. The normalized spacial score (nSPS) is 30.2. The van der Waals surface area contributed by atoms with Crippen LogP contribution in [0.15, 0.2) is 24.3 Å². The van der Waals surface area contributed by atoms with Crippen LogP contribution in [-0.4, -0.2) is 22.5 Å². The molecule has 1 aromatic rings. The SMILES string of the molecule is O=C(O)CC1(NC(=O)C2CC23CCc2ccccc23)CCCC1. The van der Waals surface area contributed by atoms with Gasteiger partial charge in [-0.05, 0) is 43.2 Å². The van der Waals surface area contributed by atoms with E-state index in [0.29, 0.717) is 0 Å². The van der Waals surface area contributed by atoms with Gasteiger partial charge in [-0.3, -0.25) is 9.59 Å². The second-order valence-electron chi connectivity index (χ2n) is 7.62. The first-order valence-corrected chi connectivity index (χ1v) is 8.67. The Hall–Kier alpha value is -1.84. The molecule has 3 aliphatic carbocycles. The lowest BCUT2D eigenvalue weighted by atomic mass is 9.91. The number of rotatable bonds is 4. The molecule has 23 heavy (non-hydrogen) atoms. The molecule has 0 heterocycles. The summed E-state index contributed by atoms with van der Waals surface area (Å²) in [6.07, 6.45) is 6.67. The summed E-state index contributed by atoms with van der Waals surface area (Å²) in [5.41, 5.74) is 2.25. The van der Waals surface area contributed by atoms with Gasteiger partial charge in [-0.2, -0.15) is 0 Å². The van der Waals surface area contributed by atoms with Crippen molar-refractivity contribution in [3.05, 3.63) is 35.4 Å². The van der Waals surface area contributed by atoms with E-state index in [1.807, 2.05) is 0 Å². The van der Waals surface area contributed by atoms with Gasteiger partial charge in [0.05, 0.1) is 12.0 Å². The van der Waals surface area contributed by atoms with Crippen molar-refractivity contribution in [3.8, 4) is 0 Å². The van der Waals surface area contributed by atoms with Crippen molar-refractivity contribution >= 4 is 11.9 Å². The van der Waals surface area contributed by atoms with E-state index in [9.17, 15) is 14.7 Å². The highest BCUT2D eigenvalue weighted by atomic mass is 16.4. The molecule has 0 radical (unpaired) electrons. The highest BCUT2D eigenvalue weighted by Crippen LogP contribution is 2.61. The fraction of sp³-hybridized carbons (Fsp3) is 0.579. The number of aryl methyl sites for hydroxylation is 1. The average Bonchev–Trinajstić information content (AvgIpc) is 2.89. The molecule has 0 saturated heterocycles. The number of hydrogen-bond donors (Lipinski definition) is 2. The molecule has 122 valence electrons. The van der Waals surface area contributed by atoms with Crippen molar-refractivity contribution in [2.24, 2.45) is 5.92 Å². The first kappa shape index (κ1) is 14.7. The number of amides is 1. The molecule has 4 heteroatoms. The number of fused-ring (bicyclic) bond motifs is 2. The molecule has 0 aromatic heterocycles. The van der Waals surface area contributed by atoms with Crippen molar-refractivity contribution < 1.29 is 14.7 Å². The molecule has 1 amide bonds. The third kappa shape index (κ3) is 2.35. The average molecular weight is 313 g/mol. The summed E-state index contributed by atoms with van der Waals surface area (Å²) in [6.45, 7) is 0. The first-order chi connectivity index (χ1) is 11.0. The molecule has 3 aliphatic rings. The van der Waals surface area contributed by atoms with Gasteiger partial charge in [0, 0.05) is 11.3 Å². The standard InChI is InChI=1S/C19H23NO3/c21-16(22)12-18(8-3-4-9-18)20-17(23)15-11-19(15)10-7-13-5-1-2-6-14(13)19/h1-2,5-6,15H,3-4,7-12H2,(H,20,23)(H,21,22). The molecule has 1 aromatic carbocycles. The smallest absolute Gasteiger partial charge is 0.305 e. The number of hydrogen-bond acceptors (Lipinski definition) is 2. The zero-order valence-electron chi connectivity index (χ0n) is 13.3. The van der Waals surface area contributed by atoms with Crippen LogP contribution < -0.4 is 5.32 Å². The van der Waals surface area contributed by atoms with E-state index < -0.39 is 11.5 Å². The predicted molar refractivity (Wildman–Crippen MR) is 86.1 cm³/mol. The minimum atomic E-state index is -0.816. The van der Waals surface area contributed by atoms with Crippen LogP contribution in [0.1, 0.15) is 56.1 Å². The van der Waals surface area contributed by atoms with Crippen molar-refractivity contribution in [2.45, 2.75) is 62.3 Å². The Morgan fingerprint density at radius 2 is 1.91 bits per heavy atom. The van der Waals surface area contributed by atoms with Crippen LogP contribution in [-0.2, 0) is 21.4 Å². The quantitative estimate of drug-likeness (QED) is 0.898. The summed E-state index contributed by atoms with van der Waals surface area (Å²) in [5, 5.41) is 12.3. The lowest BCUT2D eigenvalue weighted by Crippen LogP contribution is -2.49. The maximum atomic E-state index is 12.8. The molecule has 4 nitrogen and oxygen atoms in total. The number of carbonyl (C=O) groups excluding carboxylic acids is 1. The number of benzene rings is 1. The van der Waals surface area contributed by atoms with Crippen molar-refractivity contribution in [2.75, 3.05) is 0 Å². The fourth-order valence-electron chi connectivity index (χ4n) is 4.98. The van der Waals surface area contributed by atoms with Crippen LogP contribution in [0.5, 0.6) is 0 Å². The molecule has 0 aliphatic heterocycles. The number of carbonyl (C=O) groups is 2. The third-order valence-electron chi connectivity index (χ3n) is 6.22. The van der Waals surface area contributed by atoms with E-state index >= 15 is 0 Å². The summed E-state index contributed by atoms with van der Waals surface area (Å²) >= 11 is 0. The summed E-state index contributed by atoms with van der Waals surface area (Å²) in [4.78, 5) is 24.0. The van der Waals surface area contributed by atoms with E-state index in [4.69, 9.17) is 0 Å². The van der Waals surface area contributed by atoms with Crippen LogP contribution >= 0.6 is 0 Å². The number of carboxylic acids is 1. The maximum Gasteiger partial charge on any atom is 0.305 e. The van der Waals surface area contributed by atoms with Gasteiger partial charge in [0.2, 0.25) is 5.91 Å². The molecular weight excluding hydrogens is 290 g/mol. The van der Waals surface area contributed by atoms with Crippen molar-refractivity contribution in [1.29, 1.82) is 0 Å². The Morgan fingerprint density at radius 3 is 2.65 bits per heavy atom. The van der Waals surface area contributed by atoms with E-state index in [2.05, 4.69) is 29.6 Å². The lowest BCUT2D eigenvalue weighted by molar-refractivity contribution is -0.139. The molecule has 2 saturated carbocycles. The minimum absolute atomic E-state index is 0.0254. The summed E-state index contributed by atoms with van der Waals surface area (Å²) < 4.78 is 0. The molecule has 2 atom stereocenters. The second kappa shape index (κ2) is 5.08. The summed E-state index contributed by atoms with van der Waals surface area (Å²) in [5.74, 6) is -0.716. The van der Waals surface area contributed by atoms with Gasteiger partial charge in [-0.1, -0.05) is 37.1 Å². The van der Waals surface area contributed by atoms with E-state index in [-0.39, 0.29) is 23.7 Å². The largest absolute Gasteiger partial charge is 0.481 e. The Kier molecular flexibility index (Phi) is 3.26. The van der Waals surface area contributed by atoms with Gasteiger partial charge >= 0.3 is 5.97 Å². The topological polar surface area (TPSA) is 66.4 Å². The van der Waals surface area contributed by atoms with Crippen molar-refractivity contribution in [3.63, 3.8) is 0 Å². The lowest BCUT2D eigenvalue weighted by Gasteiger charge is -2.29. The van der Waals surface area contributed by atoms with Crippen LogP contribution in [0.4, 0.5) is 0 Å². The highest BCUT2D eigenvalue weighted by Gasteiger charge is 2.62. The van der Waals surface area contributed by atoms with Gasteiger partial charge < -0.3 is 10.4 Å². The third-order valence-corrected chi connectivity index (χ3v) is 6.22. The van der Waals surface area contributed by atoms with Crippen LogP contribution in [0.25, 0.3) is 0 Å². The number of nitrogens with one attached hydrogen (secondary N) is 1. The summed E-state index contributed by atoms with van der Waals surface area (Å²) in [6, 6.07) is 8.45. The minimum Gasteiger partial charge on any atom is -0.481 e. The Morgan fingerprint density at radius 1 is 1.17 bits per heavy atom. The highest BCUT2D eigenvalue weighted by molar-refractivity contribution is 5.86. The summed E-state index contributed by atoms with van der Waals surface area (Å²) in [7, 11) is 0. The van der Waals surface area contributed by atoms with Crippen LogP contribution in [0.3, 0.4) is 0 Å². The maximum absolute atomic E-state index is 12.8. The Balaban J connectivity index is 1.50. The van der Waals surface area contributed by atoms with Gasteiger partial charge in [-0.25, -0.2) is 0 Å². The van der Waals surface area contributed by atoms with Crippen molar-refractivity contribution in [1.82, 2.24) is 5.32 Å². The zero-order valence-corrected chi connectivity index (χ0v) is 13.3. The molecule has 2 N–H and O–H groups in total. The molecule has 4 rings (SSSR count). The van der Waals surface area contributed by atoms with Gasteiger partial charge in [0.25, 0.3) is 0 Å². The first-order valence-electron chi connectivity index (χ1n) is 8.67.